The van der Waals surface area contributed by atoms with Crippen LogP contribution in [0.4, 0.5) is 11.6 Å². The van der Waals surface area contributed by atoms with Gasteiger partial charge in [-0.2, -0.15) is 0 Å². The van der Waals surface area contributed by atoms with Gasteiger partial charge in [0, 0.05) is 40.4 Å². The van der Waals surface area contributed by atoms with Crippen LogP contribution >= 0.6 is 15.9 Å². The van der Waals surface area contributed by atoms with E-state index in [9.17, 15) is 0 Å². The topological polar surface area (TPSA) is 90.0 Å². The SMILES string of the molecule is Nc1ncnc2nc(-c3ccc(N4CCOCC4)nc3)c(-c3ccccc3)c(-c3cccc(Br)c3)c12. The number of pyridine rings is 2. The lowest BCUT2D eigenvalue weighted by Gasteiger charge is -2.27. The monoisotopic (exact) mass is 538 g/mol. The number of nitrogens with zero attached hydrogens (tertiary/aromatic N) is 5. The predicted molar refractivity (Wildman–Crippen MR) is 147 cm³/mol. The summed E-state index contributed by atoms with van der Waals surface area (Å²) in [6.07, 6.45) is 3.35. The Hall–Kier alpha value is -3.88. The first kappa shape index (κ1) is 22.6. The van der Waals surface area contributed by atoms with E-state index >= 15 is 0 Å². The Morgan fingerprint density at radius 2 is 1.61 bits per heavy atom. The smallest absolute Gasteiger partial charge is 0.165 e. The molecule has 6 rings (SSSR count). The Kier molecular flexibility index (Phi) is 6.04. The molecular weight excluding hydrogens is 516 g/mol. The molecule has 4 heterocycles. The van der Waals surface area contributed by atoms with Gasteiger partial charge in [-0.3, -0.25) is 0 Å². The van der Waals surface area contributed by atoms with Crippen LogP contribution in [-0.2, 0) is 4.74 Å². The quantitative estimate of drug-likeness (QED) is 0.318. The molecule has 0 bridgehead atoms. The van der Waals surface area contributed by atoms with Crippen LogP contribution in [0.2, 0.25) is 0 Å². The zero-order chi connectivity index (χ0) is 24.5. The molecule has 0 saturated carbocycles. The predicted octanol–water partition coefficient (Wildman–Crippen LogP) is 5.60. The van der Waals surface area contributed by atoms with Crippen LogP contribution in [0, 0.1) is 0 Å². The second kappa shape index (κ2) is 9.64. The van der Waals surface area contributed by atoms with E-state index in [1.54, 1.807) is 0 Å². The minimum Gasteiger partial charge on any atom is -0.383 e. The fraction of sp³-hybridized carbons (Fsp3) is 0.143. The summed E-state index contributed by atoms with van der Waals surface area (Å²) in [6.45, 7) is 3.09. The zero-order valence-electron chi connectivity index (χ0n) is 19.4. The number of benzene rings is 2. The molecule has 7 nitrogen and oxygen atoms in total. The Morgan fingerprint density at radius 3 is 2.36 bits per heavy atom. The van der Waals surface area contributed by atoms with Gasteiger partial charge in [-0.25, -0.2) is 19.9 Å². The van der Waals surface area contributed by atoms with Crippen LogP contribution in [0.1, 0.15) is 0 Å². The first-order chi connectivity index (χ1) is 17.7. The highest BCUT2D eigenvalue weighted by atomic mass is 79.9. The molecule has 1 aliphatic heterocycles. The van der Waals surface area contributed by atoms with E-state index in [0.29, 0.717) is 24.7 Å². The summed E-state index contributed by atoms with van der Waals surface area (Å²) >= 11 is 3.63. The van der Waals surface area contributed by atoms with Crippen molar-refractivity contribution in [2.24, 2.45) is 0 Å². The Labute approximate surface area is 217 Å². The number of aromatic nitrogens is 4. The van der Waals surface area contributed by atoms with E-state index in [-0.39, 0.29) is 0 Å². The number of fused-ring (bicyclic) bond motifs is 1. The van der Waals surface area contributed by atoms with Crippen molar-refractivity contribution >= 4 is 38.6 Å². The molecule has 0 amide bonds. The van der Waals surface area contributed by atoms with Gasteiger partial charge in [0.1, 0.15) is 18.0 Å². The summed E-state index contributed by atoms with van der Waals surface area (Å²) in [5.41, 5.74) is 12.6. The van der Waals surface area contributed by atoms with Crippen LogP contribution in [0.3, 0.4) is 0 Å². The molecule has 5 aromatic rings. The van der Waals surface area contributed by atoms with Gasteiger partial charge in [-0.1, -0.05) is 58.4 Å². The average molecular weight is 539 g/mol. The average Bonchev–Trinajstić information content (AvgIpc) is 2.93. The molecule has 178 valence electrons. The summed E-state index contributed by atoms with van der Waals surface area (Å²) in [4.78, 5) is 20.9. The van der Waals surface area contributed by atoms with Crippen LogP contribution in [-0.4, -0.2) is 46.2 Å². The lowest BCUT2D eigenvalue weighted by molar-refractivity contribution is 0.122. The number of nitrogen functional groups attached to an aromatic ring is 1. The number of hydrogen-bond acceptors (Lipinski definition) is 7. The number of halogens is 1. The molecule has 2 aromatic carbocycles. The van der Waals surface area contributed by atoms with Gasteiger partial charge in [0.2, 0.25) is 0 Å². The summed E-state index contributed by atoms with van der Waals surface area (Å²) in [7, 11) is 0. The molecule has 0 radical (unpaired) electrons. The van der Waals surface area contributed by atoms with Gasteiger partial charge in [0.25, 0.3) is 0 Å². The highest BCUT2D eigenvalue weighted by molar-refractivity contribution is 9.10. The summed E-state index contributed by atoms with van der Waals surface area (Å²) in [5.74, 6) is 1.33. The van der Waals surface area contributed by atoms with Crippen molar-refractivity contribution in [3.05, 3.63) is 83.7 Å². The Balaban J connectivity index is 1.64. The number of morpholine rings is 1. The third-order valence-corrected chi connectivity index (χ3v) is 6.84. The van der Waals surface area contributed by atoms with Crippen molar-refractivity contribution in [1.82, 2.24) is 19.9 Å². The Morgan fingerprint density at radius 1 is 0.806 bits per heavy atom. The molecule has 1 aliphatic rings. The maximum atomic E-state index is 6.44. The van der Waals surface area contributed by atoms with E-state index in [1.807, 2.05) is 36.5 Å². The van der Waals surface area contributed by atoms with Gasteiger partial charge in [-0.15, -0.1) is 0 Å². The molecule has 1 fully saturated rings. The highest BCUT2D eigenvalue weighted by Gasteiger charge is 2.23. The highest BCUT2D eigenvalue weighted by Crippen LogP contribution is 2.44. The fourth-order valence-corrected chi connectivity index (χ4v) is 5.05. The number of nitrogens with two attached hydrogens (primary N) is 1. The second-order valence-electron chi connectivity index (χ2n) is 8.55. The largest absolute Gasteiger partial charge is 0.383 e. The Bertz CT molecular complexity index is 1540. The van der Waals surface area contributed by atoms with Crippen molar-refractivity contribution in [3.63, 3.8) is 0 Å². The van der Waals surface area contributed by atoms with Crippen molar-refractivity contribution in [2.75, 3.05) is 36.9 Å². The van der Waals surface area contributed by atoms with Crippen molar-refractivity contribution in [1.29, 1.82) is 0 Å². The molecule has 2 N–H and O–H groups in total. The van der Waals surface area contributed by atoms with Gasteiger partial charge in [0.15, 0.2) is 5.65 Å². The van der Waals surface area contributed by atoms with Crippen LogP contribution in [0.25, 0.3) is 44.5 Å². The van der Waals surface area contributed by atoms with Crippen molar-refractivity contribution in [3.8, 4) is 33.5 Å². The van der Waals surface area contributed by atoms with Gasteiger partial charge in [-0.05, 0) is 35.4 Å². The molecule has 8 heteroatoms. The molecule has 0 atom stereocenters. The second-order valence-corrected chi connectivity index (χ2v) is 9.46. The summed E-state index contributed by atoms with van der Waals surface area (Å²) in [5, 5.41) is 0.732. The van der Waals surface area contributed by atoms with Crippen LogP contribution in [0.5, 0.6) is 0 Å². The number of rotatable bonds is 4. The van der Waals surface area contributed by atoms with Crippen LogP contribution in [0.15, 0.2) is 83.7 Å². The van der Waals surface area contributed by atoms with Crippen molar-refractivity contribution < 1.29 is 4.74 Å². The van der Waals surface area contributed by atoms with E-state index in [2.05, 4.69) is 67.2 Å². The molecule has 1 saturated heterocycles. The molecule has 0 unspecified atom stereocenters. The van der Waals surface area contributed by atoms with Gasteiger partial charge >= 0.3 is 0 Å². The minimum atomic E-state index is 0.395. The lowest BCUT2D eigenvalue weighted by Crippen LogP contribution is -2.36. The standard InChI is InChI=1S/C28H23BrN6O/c29-21-8-4-7-19(15-21)23-24(18-5-2-1-3-6-18)26(34-28-25(23)27(30)32-17-33-28)20-9-10-22(31-16-20)35-11-13-36-14-12-35/h1-10,15-17H,11-14H2,(H2,30,32,33,34). The van der Waals surface area contributed by atoms with E-state index in [0.717, 1.165) is 62.3 Å². The summed E-state index contributed by atoms with van der Waals surface area (Å²) in [6, 6.07) is 22.5. The molecule has 3 aromatic heterocycles. The van der Waals surface area contributed by atoms with E-state index in [4.69, 9.17) is 20.4 Å². The maximum Gasteiger partial charge on any atom is 0.165 e. The fourth-order valence-electron chi connectivity index (χ4n) is 4.65. The number of hydrogen-bond donors (Lipinski definition) is 1. The van der Waals surface area contributed by atoms with E-state index in [1.165, 1.54) is 6.33 Å². The zero-order valence-corrected chi connectivity index (χ0v) is 21.0. The molecule has 0 spiro atoms. The maximum absolute atomic E-state index is 6.44. The third kappa shape index (κ3) is 4.19. The molecule has 36 heavy (non-hydrogen) atoms. The van der Waals surface area contributed by atoms with E-state index < -0.39 is 0 Å². The normalized spacial score (nSPS) is 13.8. The van der Waals surface area contributed by atoms with Crippen LogP contribution < -0.4 is 10.6 Å². The van der Waals surface area contributed by atoms with Gasteiger partial charge < -0.3 is 15.4 Å². The number of anilines is 2. The minimum absolute atomic E-state index is 0.395. The third-order valence-electron chi connectivity index (χ3n) is 6.34. The lowest BCUT2D eigenvalue weighted by atomic mass is 9.89. The van der Waals surface area contributed by atoms with Gasteiger partial charge in [0.05, 0.1) is 24.3 Å². The first-order valence-corrected chi connectivity index (χ1v) is 12.5. The summed E-state index contributed by atoms with van der Waals surface area (Å²) < 4.78 is 6.46. The van der Waals surface area contributed by atoms with Crippen molar-refractivity contribution in [2.45, 2.75) is 0 Å². The molecular formula is C28H23BrN6O. The number of ether oxygens (including phenoxy) is 1. The molecule has 0 aliphatic carbocycles. The first-order valence-electron chi connectivity index (χ1n) is 11.7.